The van der Waals surface area contributed by atoms with Crippen molar-refractivity contribution in [1.29, 1.82) is 0 Å². The zero-order valence-corrected chi connectivity index (χ0v) is 15.5. The van der Waals surface area contributed by atoms with Gasteiger partial charge in [-0.1, -0.05) is 6.08 Å². The summed E-state index contributed by atoms with van der Waals surface area (Å²) >= 11 is 0. The van der Waals surface area contributed by atoms with Crippen LogP contribution in [-0.2, 0) is 14.8 Å². The predicted octanol–water partition coefficient (Wildman–Crippen LogP) is 2.35. The molecule has 3 heterocycles. The van der Waals surface area contributed by atoms with Crippen molar-refractivity contribution < 1.29 is 13.2 Å². The Balaban J connectivity index is 1.65. The van der Waals surface area contributed by atoms with E-state index in [-0.39, 0.29) is 17.6 Å². The van der Waals surface area contributed by atoms with Crippen LogP contribution in [0, 0.1) is 5.92 Å². The van der Waals surface area contributed by atoms with Gasteiger partial charge in [0.25, 0.3) is 0 Å². The molecule has 0 radical (unpaired) electrons. The molecule has 2 aliphatic rings. The van der Waals surface area contributed by atoms with Crippen molar-refractivity contribution in [3.63, 3.8) is 0 Å². The smallest absolute Gasteiger partial charge is 0.228 e. The number of hydrogen-bond donors (Lipinski definition) is 2. The topological polar surface area (TPSA) is 95.2 Å². The number of sulfonamides is 1. The highest BCUT2D eigenvalue weighted by Gasteiger charge is 2.30. The van der Waals surface area contributed by atoms with Crippen molar-refractivity contribution in [3.8, 4) is 0 Å². The number of H-pyrrole nitrogens is 1. The quantitative estimate of drug-likeness (QED) is 0.840. The Kier molecular flexibility index (Phi) is 4.32. The third-order valence-corrected chi connectivity index (χ3v) is 6.85. The zero-order chi connectivity index (χ0) is 18.3. The molecule has 1 amide bonds. The monoisotopic (exact) mass is 374 g/mol. The van der Waals surface area contributed by atoms with Crippen LogP contribution in [0.3, 0.4) is 0 Å². The summed E-state index contributed by atoms with van der Waals surface area (Å²) in [5.74, 6) is 0.787. The van der Waals surface area contributed by atoms with Gasteiger partial charge in [0.1, 0.15) is 11.5 Å². The summed E-state index contributed by atoms with van der Waals surface area (Å²) in [5.41, 5.74) is 2.80. The molecule has 0 spiro atoms. The van der Waals surface area contributed by atoms with Crippen LogP contribution < -0.4 is 5.32 Å². The van der Waals surface area contributed by atoms with Gasteiger partial charge in [0.15, 0.2) is 0 Å². The van der Waals surface area contributed by atoms with E-state index >= 15 is 0 Å². The van der Waals surface area contributed by atoms with Crippen molar-refractivity contribution in [2.45, 2.75) is 26.2 Å². The molecule has 138 valence electrons. The predicted molar refractivity (Wildman–Crippen MR) is 101 cm³/mol. The SMILES string of the molecule is CCS(=O)(=O)N1CC=C(c2cc(NC(=O)C3CC3)nc3[nH]ccc23)CC1. The minimum absolute atomic E-state index is 0.0206. The number of nitrogens with one attached hydrogen (secondary N) is 2. The highest BCUT2D eigenvalue weighted by Crippen LogP contribution is 2.33. The lowest BCUT2D eigenvalue weighted by Crippen LogP contribution is -2.35. The van der Waals surface area contributed by atoms with Gasteiger partial charge in [0.2, 0.25) is 15.9 Å². The van der Waals surface area contributed by atoms with Crippen LogP contribution in [0.15, 0.2) is 24.4 Å². The number of nitrogens with zero attached hydrogens (tertiary/aromatic N) is 2. The fourth-order valence-electron chi connectivity index (χ4n) is 3.27. The van der Waals surface area contributed by atoms with E-state index in [1.165, 1.54) is 4.31 Å². The lowest BCUT2D eigenvalue weighted by molar-refractivity contribution is -0.117. The fourth-order valence-corrected chi connectivity index (χ4v) is 4.31. The first-order valence-corrected chi connectivity index (χ1v) is 10.5. The van der Waals surface area contributed by atoms with E-state index in [2.05, 4.69) is 15.3 Å². The van der Waals surface area contributed by atoms with Crippen LogP contribution >= 0.6 is 0 Å². The molecule has 0 saturated heterocycles. The number of pyridine rings is 1. The molecule has 8 heteroatoms. The number of carbonyl (C=O) groups excluding carboxylic acids is 1. The maximum atomic E-state index is 12.1. The molecule has 2 aromatic rings. The van der Waals surface area contributed by atoms with Gasteiger partial charge in [-0.2, -0.15) is 4.31 Å². The fraction of sp³-hybridized carbons (Fsp3) is 0.444. The summed E-state index contributed by atoms with van der Waals surface area (Å²) in [6.45, 7) is 2.51. The van der Waals surface area contributed by atoms with Crippen LogP contribution in [0.1, 0.15) is 31.7 Å². The summed E-state index contributed by atoms with van der Waals surface area (Å²) in [7, 11) is -3.17. The molecular weight excluding hydrogens is 352 g/mol. The first kappa shape index (κ1) is 17.2. The van der Waals surface area contributed by atoms with Gasteiger partial charge in [-0.15, -0.1) is 0 Å². The lowest BCUT2D eigenvalue weighted by Gasteiger charge is -2.25. The second-order valence-electron chi connectivity index (χ2n) is 6.80. The zero-order valence-electron chi connectivity index (χ0n) is 14.7. The van der Waals surface area contributed by atoms with E-state index in [0.717, 1.165) is 35.0 Å². The van der Waals surface area contributed by atoms with Gasteiger partial charge in [-0.3, -0.25) is 4.79 Å². The summed E-state index contributed by atoms with van der Waals surface area (Å²) < 4.78 is 25.6. The first-order valence-electron chi connectivity index (χ1n) is 8.94. The highest BCUT2D eigenvalue weighted by molar-refractivity contribution is 7.89. The molecule has 1 aliphatic heterocycles. The molecule has 26 heavy (non-hydrogen) atoms. The third kappa shape index (κ3) is 3.26. The maximum absolute atomic E-state index is 12.1. The van der Waals surface area contributed by atoms with Crippen LogP contribution in [0.4, 0.5) is 5.82 Å². The highest BCUT2D eigenvalue weighted by atomic mass is 32.2. The molecule has 4 rings (SSSR count). The Morgan fingerprint density at radius 3 is 2.88 bits per heavy atom. The van der Waals surface area contributed by atoms with Crippen molar-refractivity contribution in [3.05, 3.63) is 30.0 Å². The summed E-state index contributed by atoms with van der Waals surface area (Å²) in [6.07, 6.45) is 6.31. The second kappa shape index (κ2) is 6.51. The van der Waals surface area contributed by atoms with E-state index in [0.29, 0.717) is 25.3 Å². The van der Waals surface area contributed by atoms with Crippen molar-refractivity contribution >= 4 is 38.4 Å². The number of carbonyl (C=O) groups is 1. The number of amides is 1. The molecule has 0 bridgehead atoms. The number of anilines is 1. The van der Waals surface area contributed by atoms with Gasteiger partial charge in [-0.05, 0) is 49.5 Å². The van der Waals surface area contributed by atoms with Gasteiger partial charge >= 0.3 is 0 Å². The van der Waals surface area contributed by atoms with Crippen molar-refractivity contribution in [2.75, 3.05) is 24.2 Å². The van der Waals surface area contributed by atoms with E-state index in [1.54, 1.807) is 6.92 Å². The Labute approximate surface area is 152 Å². The van der Waals surface area contributed by atoms with Gasteiger partial charge in [0, 0.05) is 30.6 Å². The second-order valence-corrected chi connectivity index (χ2v) is 9.05. The number of aromatic nitrogens is 2. The average molecular weight is 374 g/mol. The molecule has 0 aromatic carbocycles. The van der Waals surface area contributed by atoms with Crippen LogP contribution in [0.2, 0.25) is 0 Å². The van der Waals surface area contributed by atoms with E-state index in [1.807, 2.05) is 24.4 Å². The van der Waals surface area contributed by atoms with Crippen LogP contribution in [0.5, 0.6) is 0 Å². The number of fused-ring (bicyclic) bond motifs is 1. The lowest BCUT2D eigenvalue weighted by atomic mass is 9.98. The Hall–Kier alpha value is -2.19. The van der Waals surface area contributed by atoms with Crippen LogP contribution in [0.25, 0.3) is 16.6 Å². The number of rotatable bonds is 5. The first-order chi connectivity index (χ1) is 12.5. The van der Waals surface area contributed by atoms with E-state index < -0.39 is 10.0 Å². The molecule has 1 saturated carbocycles. The molecule has 2 N–H and O–H groups in total. The number of hydrogen-bond acceptors (Lipinski definition) is 4. The average Bonchev–Trinajstić information content (AvgIpc) is 3.39. The Morgan fingerprint density at radius 1 is 1.42 bits per heavy atom. The van der Waals surface area contributed by atoms with E-state index in [9.17, 15) is 13.2 Å². The maximum Gasteiger partial charge on any atom is 0.228 e. The standard InChI is InChI=1S/C18H22N4O3S/c1-2-26(24,25)22-9-6-12(7-10-22)15-11-16(21-18(23)13-3-4-13)20-17-14(15)5-8-19-17/h5-6,8,11,13H,2-4,7,9-10H2,1H3,(H2,19,20,21,23). The summed E-state index contributed by atoms with van der Waals surface area (Å²) in [4.78, 5) is 19.7. The van der Waals surface area contributed by atoms with Gasteiger partial charge in [-0.25, -0.2) is 13.4 Å². The normalized spacial score (nSPS) is 18.7. The molecule has 7 nitrogen and oxygen atoms in total. The molecular formula is C18H22N4O3S. The Bertz CT molecular complexity index is 989. The summed E-state index contributed by atoms with van der Waals surface area (Å²) in [5, 5.41) is 3.88. The minimum Gasteiger partial charge on any atom is -0.346 e. The third-order valence-electron chi connectivity index (χ3n) is 5.00. The molecule has 1 aliphatic carbocycles. The molecule has 2 aromatic heterocycles. The number of aromatic amines is 1. The largest absolute Gasteiger partial charge is 0.346 e. The summed E-state index contributed by atoms with van der Waals surface area (Å²) in [6, 6.07) is 3.85. The molecule has 0 unspecified atom stereocenters. The van der Waals surface area contributed by atoms with E-state index in [4.69, 9.17) is 0 Å². The molecule has 0 atom stereocenters. The van der Waals surface area contributed by atoms with Gasteiger partial charge in [0.05, 0.1) is 5.75 Å². The van der Waals surface area contributed by atoms with Crippen LogP contribution in [-0.4, -0.2) is 47.4 Å². The minimum atomic E-state index is -3.17. The molecule has 1 fully saturated rings. The van der Waals surface area contributed by atoms with Gasteiger partial charge < -0.3 is 10.3 Å². The van der Waals surface area contributed by atoms with Crippen molar-refractivity contribution in [2.24, 2.45) is 5.92 Å². The van der Waals surface area contributed by atoms with Crippen molar-refractivity contribution in [1.82, 2.24) is 14.3 Å². The Morgan fingerprint density at radius 2 is 2.23 bits per heavy atom.